The van der Waals surface area contributed by atoms with E-state index in [0.717, 1.165) is 34.6 Å². The molecule has 0 saturated carbocycles. The van der Waals surface area contributed by atoms with Crippen LogP contribution in [0.3, 0.4) is 0 Å². The highest BCUT2D eigenvalue weighted by atomic mass is 35.5. The van der Waals surface area contributed by atoms with Gasteiger partial charge in [0, 0.05) is 42.3 Å². The molecule has 1 aromatic carbocycles. The van der Waals surface area contributed by atoms with Crippen molar-refractivity contribution in [3.05, 3.63) is 67.3 Å². The third kappa shape index (κ3) is 4.75. The van der Waals surface area contributed by atoms with E-state index < -0.39 is 0 Å². The van der Waals surface area contributed by atoms with Crippen molar-refractivity contribution in [2.45, 2.75) is 33.5 Å². The number of pyridine rings is 1. The molecule has 3 N–H and O–H groups in total. The van der Waals surface area contributed by atoms with Crippen LogP contribution < -0.4 is 16.5 Å². The van der Waals surface area contributed by atoms with E-state index in [-0.39, 0.29) is 16.9 Å². The fourth-order valence-electron chi connectivity index (χ4n) is 3.32. The molecule has 0 unspecified atom stereocenters. The van der Waals surface area contributed by atoms with Crippen LogP contribution in [0, 0.1) is 6.92 Å². The van der Waals surface area contributed by atoms with Crippen LogP contribution in [0.1, 0.15) is 33.3 Å². The van der Waals surface area contributed by atoms with Crippen LogP contribution in [-0.2, 0) is 19.6 Å². The standard InChI is InChI=1S/C22H27ClN4O2S/c1-4-26(3)13-18-14(2)19-21(30-18)20(28)17(12-27(19)10-9-24)22(29)25-11-15-5-7-16(23)8-6-15/h5-8,12H,4,9-11,13,24H2,1-3H3,(H,25,29). The van der Waals surface area contributed by atoms with Gasteiger partial charge in [0.2, 0.25) is 5.43 Å². The highest BCUT2D eigenvalue weighted by Gasteiger charge is 2.20. The molecule has 30 heavy (non-hydrogen) atoms. The summed E-state index contributed by atoms with van der Waals surface area (Å²) in [7, 11) is 2.05. The van der Waals surface area contributed by atoms with Crippen molar-refractivity contribution in [1.82, 2.24) is 14.8 Å². The normalized spacial score (nSPS) is 11.4. The van der Waals surface area contributed by atoms with E-state index in [2.05, 4.69) is 17.1 Å². The summed E-state index contributed by atoms with van der Waals surface area (Å²) in [4.78, 5) is 29.3. The number of hydrogen-bond donors (Lipinski definition) is 2. The second-order valence-corrected chi connectivity index (χ2v) is 8.86. The van der Waals surface area contributed by atoms with Gasteiger partial charge in [0.1, 0.15) is 5.56 Å². The van der Waals surface area contributed by atoms with Crippen LogP contribution in [0.25, 0.3) is 10.2 Å². The van der Waals surface area contributed by atoms with Crippen molar-refractivity contribution in [3.63, 3.8) is 0 Å². The number of amides is 1. The zero-order valence-corrected chi connectivity index (χ0v) is 19.1. The van der Waals surface area contributed by atoms with Gasteiger partial charge in [-0.1, -0.05) is 30.7 Å². The molecular formula is C22H27ClN4O2S. The van der Waals surface area contributed by atoms with Gasteiger partial charge in [0.05, 0.1) is 10.2 Å². The molecule has 0 aliphatic carbocycles. The van der Waals surface area contributed by atoms with Gasteiger partial charge in [-0.05, 0) is 43.8 Å². The molecule has 1 amide bonds. The fourth-order valence-corrected chi connectivity index (χ4v) is 4.79. The predicted octanol–water partition coefficient (Wildman–Crippen LogP) is 3.37. The van der Waals surface area contributed by atoms with E-state index in [1.54, 1.807) is 18.3 Å². The van der Waals surface area contributed by atoms with Gasteiger partial charge in [0.25, 0.3) is 5.91 Å². The Bertz CT molecular complexity index is 1110. The second-order valence-electron chi connectivity index (χ2n) is 7.32. The van der Waals surface area contributed by atoms with Gasteiger partial charge in [-0.2, -0.15) is 0 Å². The number of nitrogens with one attached hydrogen (secondary N) is 1. The Morgan fingerprint density at radius 3 is 2.63 bits per heavy atom. The molecule has 160 valence electrons. The lowest BCUT2D eigenvalue weighted by Crippen LogP contribution is -2.29. The van der Waals surface area contributed by atoms with Crippen molar-refractivity contribution >= 4 is 39.1 Å². The molecule has 6 nitrogen and oxygen atoms in total. The first-order chi connectivity index (χ1) is 14.3. The highest BCUT2D eigenvalue weighted by Crippen LogP contribution is 2.30. The maximum absolute atomic E-state index is 13.2. The number of benzene rings is 1. The third-order valence-electron chi connectivity index (χ3n) is 5.17. The Hall–Kier alpha value is -2.19. The number of halogens is 1. The lowest BCUT2D eigenvalue weighted by atomic mass is 10.1. The van der Waals surface area contributed by atoms with E-state index in [4.69, 9.17) is 17.3 Å². The number of aromatic nitrogens is 1. The van der Waals surface area contributed by atoms with E-state index in [0.29, 0.717) is 29.4 Å². The minimum Gasteiger partial charge on any atom is -0.348 e. The topological polar surface area (TPSA) is 80.4 Å². The van der Waals surface area contributed by atoms with Gasteiger partial charge in [-0.25, -0.2) is 0 Å². The Morgan fingerprint density at radius 1 is 1.30 bits per heavy atom. The lowest BCUT2D eigenvalue weighted by molar-refractivity contribution is 0.0949. The van der Waals surface area contributed by atoms with Crippen LogP contribution in [0.15, 0.2) is 35.3 Å². The van der Waals surface area contributed by atoms with Crippen LogP contribution in [0.2, 0.25) is 5.02 Å². The SMILES string of the molecule is CCN(C)Cc1sc2c(=O)c(C(=O)NCc3ccc(Cl)cc3)cn(CCN)c2c1C. The summed E-state index contributed by atoms with van der Waals surface area (Å²) in [5.74, 6) is -0.388. The number of nitrogens with two attached hydrogens (primary N) is 1. The quantitative estimate of drug-likeness (QED) is 0.556. The van der Waals surface area contributed by atoms with Crippen molar-refractivity contribution < 1.29 is 4.79 Å². The minimum absolute atomic E-state index is 0.140. The smallest absolute Gasteiger partial charge is 0.257 e. The van der Waals surface area contributed by atoms with Crippen LogP contribution in [0.4, 0.5) is 0 Å². The molecule has 0 aliphatic heterocycles. The first-order valence-corrected chi connectivity index (χ1v) is 11.1. The van der Waals surface area contributed by atoms with Gasteiger partial charge in [-0.3, -0.25) is 9.59 Å². The Labute approximate surface area is 185 Å². The average molecular weight is 447 g/mol. The summed E-state index contributed by atoms with van der Waals surface area (Å²) in [6.45, 7) is 7.09. The van der Waals surface area contributed by atoms with E-state index >= 15 is 0 Å². The van der Waals surface area contributed by atoms with E-state index in [9.17, 15) is 9.59 Å². The Kier molecular flexibility index (Phi) is 7.31. The lowest BCUT2D eigenvalue weighted by Gasteiger charge is -2.13. The van der Waals surface area contributed by atoms with Crippen molar-refractivity contribution in [3.8, 4) is 0 Å². The molecule has 2 heterocycles. The zero-order valence-electron chi connectivity index (χ0n) is 17.5. The molecule has 0 fully saturated rings. The highest BCUT2D eigenvalue weighted by molar-refractivity contribution is 7.19. The Balaban J connectivity index is 1.97. The number of carbonyl (C=O) groups is 1. The van der Waals surface area contributed by atoms with E-state index in [1.807, 2.05) is 30.7 Å². The second kappa shape index (κ2) is 9.75. The monoisotopic (exact) mass is 446 g/mol. The molecular weight excluding hydrogens is 420 g/mol. The number of aryl methyl sites for hydroxylation is 1. The summed E-state index contributed by atoms with van der Waals surface area (Å²) in [5.41, 5.74) is 8.58. The van der Waals surface area contributed by atoms with Crippen molar-refractivity contribution in [2.75, 3.05) is 20.1 Å². The first kappa shape index (κ1) is 22.5. The number of fused-ring (bicyclic) bond motifs is 1. The number of nitrogens with zero attached hydrogens (tertiary/aromatic N) is 2. The Morgan fingerprint density at radius 2 is 2.00 bits per heavy atom. The van der Waals surface area contributed by atoms with Crippen molar-refractivity contribution in [1.29, 1.82) is 0 Å². The van der Waals surface area contributed by atoms with Gasteiger partial charge in [-0.15, -0.1) is 11.3 Å². The maximum atomic E-state index is 13.2. The first-order valence-electron chi connectivity index (χ1n) is 9.92. The van der Waals surface area contributed by atoms with E-state index in [1.165, 1.54) is 11.3 Å². The molecule has 8 heteroatoms. The maximum Gasteiger partial charge on any atom is 0.257 e. The largest absolute Gasteiger partial charge is 0.348 e. The fraction of sp³-hybridized carbons (Fsp3) is 0.364. The molecule has 0 atom stereocenters. The molecule has 3 aromatic rings. The molecule has 0 radical (unpaired) electrons. The number of hydrogen-bond acceptors (Lipinski definition) is 5. The average Bonchev–Trinajstić information content (AvgIpc) is 3.06. The van der Waals surface area contributed by atoms with Crippen LogP contribution in [0.5, 0.6) is 0 Å². The summed E-state index contributed by atoms with van der Waals surface area (Å²) in [5, 5.41) is 3.48. The number of carbonyl (C=O) groups excluding carboxylic acids is 1. The van der Waals surface area contributed by atoms with Crippen LogP contribution >= 0.6 is 22.9 Å². The molecule has 2 aromatic heterocycles. The minimum atomic E-state index is -0.388. The third-order valence-corrected chi connectivity index (χ3v) is 6.69. The van der Waals surface area contributed by atoms with Crippen molar-refractivity contribution in [2.24, 2.45) is 5.73 Å². The number of thiophene rings is 1. The number of rotatable bonds is 8. The summed E-state index contributed by atoms with van der Waals surface area (Å²) >= 11 is 7.38. The zero-order chi connectivity index (χ0) is 21.8. The summed E-state index contributed by atoms with van der Waals surface area (Å²) in [6, 6.07) is 7.23. The molecule has 0 spiro atoms. The van der Waals surface area contributed by atoms with Gasteiger partial charge >= 0.3 is 0 Å². The molecule has 3 rings (SSSR count). The summed E-state index contributed by atoms with van der Waals surface area (Å²) in [6.07, 6.45) is 1.64. The molecule has 0 bridgehead atoms. The molecule has 0 aliphatic rings. The van der Waals surface area contributed by atoms with Gasteiger partial charge in [0.15, 0.2) is 0 Å². The van der Waals surface area contributed by atoms with Gasteiger partial charge < -0.3 is 20.5 Å². The van der Waals surface area contributed by atoms with Crippen LogP contribution in [-0.4, -0.2) is 35.5 Å². The predicted molar refractivity (Wildman–Crippen MR) is 125 cm³/mol. The molecule has 0 saturated heterocycles. The summed E-state index contributed by atoms with van der Waals surface area (Å²) < 4.78 is 2.55.